The second-order valence-electron chi connectivity index (χ2n) is 7.56. The third kappa shape index (κ3) is 4.61. The molecule has 6 heteroatoms. The molecule has 2 saturated heterocycles. The third-order valence-electron chi connectivity index (χ3n) is 5.82. The molecule has 0 unspecified atom stereocenters. The first-order valence-corrected chi connectivity index (χ1v) is 9.86. The standard InChI is InChI=1S/C21H30N2O4/c1-3-27-18-6-4-5-17(15-18)20(25)22-11-9-21(10-12-22)8-7-19(24)23(16-21)13-14-26-2/h4-6,15H,3,7-14,16H2,1-2H3. The Morgan fingerprint density at radius 1 is 1.22 bits per heavy atom. The number of ether oxygens (including phenoxy) is 2. The van der Waals surface area contributed by atoms with Gasteiger partial charge in [-0.25, -0.2) is 0 Å². The molecule has 2 heterocycles. The molecular weight excluding hydrogens is 344 g/mol. The zero-order valence-electron chi connectivity index (χ0n) is 16.4. The summed E-state index contributed by atoms with van der Waals surface area (Å²) in [6, 6.07) is 7.41. The number of benzene rings is 1. The number of amides is 2. The van der Waals surface area contributed by atoms with Crippen LogP contribution >= 0.6 is 0 Å². The van der Waals surface area contributed by atoms with Crippen molar-refractivity contribution in [1.82, 2.24) is 9.80 Å². The first kappa shape index (κ1) is 19.7. The van der Waals surface area contributed by atoms with Crippen LogP contribution in [0, 0.1) is 5.41 Å². The van der Waals surface area contributed by atoms with Crippen molar-refractivity contribution in [3.05, 3.63) is 29.8 Å². The van der Waals surface area contributed by atoms with Crippen LogP contribution in [-0.2, 0) is 9.53 Å². The van der Waals surface area contributed by atoms with Gasteiger partial charge in [0, 0.05) is 45.3 Å². The summed E-state index contributed by atoms with van der Waals surface area (Å²) in [5.41, 5.74) is 0.823. The predicted molar refractivity (Wildman–Crippen MR) is 103 cm³/mol. The third-order valence-corrected chi connectivity index (χ3v) is 5.82. The highest BCUT2D eigenvalue weighted by molar-refractivity contribution is 5.94. The number of methoxy groups -OCH3 is 1. The van der Waals surface area contributed by atoms with E-state index in [1.807, 2.05) is 41.0 Å². The maximum atomic E-state index is 12.9. The molecule has 1 aromatic rings. The van der Waals surface area contributed by atoms with Crippen LogP contribution in [0.1, 0.15) is 43.0 Å². The fourth-order valence-electron chi connectivity index (χ4n) is 4.17. The fourth-order valence-corrected chi connectivity index (χ4v) is 4.17. The van der Waals surface area contributed by atoms with E-state index < -0.39 is 0 Å². The van der Waals surface area contributed by atoms with Gasteiger partial charge in [-0.1, -0.05) is 6.07 Å². The van der Waals surface area contributed by atoms with Crippen LogP contribution in [0.15, 0.2) is 24.3 Å². The van der Waals surface area contributed by atoms with Gasteiger partial charge in [0.05, 0.1) is 13.2 Å². The van der Waals surface area contributed by atoms with Gasteiger partial charge >= 0.3 is 0 Å². The largest absolute Gasteiger partial charge is 0.494 e. The van der Waals surface area contributed by atoms with Gasteiger partial charge in [0.25, 0.3) is 5.91 Å². The zero-order chi connectivity index (χ0) is 19.3. The summed E-state index contributed by atoms with van der Waals surface area (Å²) in [6.07, 6.45) is 3.42. The molecule has 1 spiro atoms. The summed E-state index contributed by atoms with van der Waals surface area (Å²) in [6.45, 7) is 6.02. The molecule has 0 N–H and O–H groups in total. The Labute approximate surface area is 161 Å². The van der Waals surface area contributed by atoms with E-state index >= 15 is 0 Å². The van der Waals surface area contributed by atoms with Crippen molar-refractivity contribution in [2.75, 3.05) is 46.5 Å². The smallest absolute Gasteiger partial charge is 0.253 e. The molecule has 1 aromatic carbocycles. The molecule has 0 aromatic heterocycles. The van der Waals surface area contributed by atoms with Crippen LogP contribution in [0.3, 0.4) is 0 Å². The number of carbonyl (C=O) groups is 2. The Hall–Kier alpha value is -2.08. The lowest BCUT2D eigenvalue weighted by molar-refractivity contribution is -0.139. The lowest BCUT2D eigenvalue weighted by atomic mass is 9.72. The van der Waals surface area contributed by atoms with Crippen LogP contribution < -0.4 is 4.74 Å². The van der Waals surface area contributed by atoms with Crippen LogP contribution in [-0.4, -0.2) is 68.1 Å². The summed E-state index contributed by atoms with van der Waals surface area (Å²) < 4.78 is 10.6. The van der Waals surface area contributed by atoms with E-state index in [0.717, 1.165) is 44.6 Å². The molecule has 0 aliphatic carbocycles. The minimum absolute atomic E-state index is 0.0644. The average molecular weight is 374 g/mol. The van der Waals surface area contributed by atoms with Crippen molar-refractivity contribution < 1.29 is 19.1 Å². The average Bonchev–Trinajstić information content (AvgIpc) is 2.69. The molecule has 0 radical (unpaired) electrons. The molecule has 2 fully saturated rings. The maximum Gasteiger partial charge on any atom is 0.253 e. The second kappa shape index (κ2) is 8.74. The SMILES string of the molecule is CCOc1cccc(C(=O)N2CCC3(CCC(=O)N(CCOC)C3)CC2)c1. The van der Waals surface area contributed by atoms with Crippen molar-refractivity contribution in [2.24, 2.45) is 5.41 Å². The van der Waals surface area contributed by atoms with Crippen LogP contribution in [0.5, 0.6) is 5.75 Å². The maximum absolute atomic E-state index is 12.9. The number of hydrogen-bond acceptors (Lipinski definition) is 4. The van der Waals surface area contributed by atoms with Gasteiger partial charge in [0.15, 0.2) is 0 Å². The molecule has 0 saturated carbocycles. The highest BCUT2D eigenvalue weighted by atomic mass is 16.5. The molecule has 27 heavy (non-hydrogen) atoms. The number of nitrogens with zero attached hydrogens (tertiary/aromatic N) is 2. The van der Waals surface area contributed by atoms with Gasteiger partial charge in [-0.15, -0.1) is 0 Å². The van der Waals surface area contributed by atoms with Crippen molar-refractivity contribution in [3.8, 4) is 5.75 Å². The summed E-state index contributed by atoms with van der Waals surface area (Å²) in [5, 5.41) is 0. The number of hydrogen-bond donors (Lipinski definition) is 0. The topological polar surface area (TPSA) is 59.1 Å². The summed E-state index contributed by atoms with van der Waals surface area (Å²) in [4.78, 5) is 28.9. The Morgan fingerprint density at radius 2 is 2.00 bits per heavy atom. The number of piperidine rings is 2. The van der Waals surface area contributed by atoms with E-state index in [9.17, 15) is 9.59 Å². The van der Waals surface area contributed by atoms with Gasteiger partial charge < -0.3 is 19.3 Å². The highest BCUT2D eigenvalue weighted by Gasteiger charge is 2.41. The molecule has 2 aliphatic heterocycles. The molecule has 2 amide bonds. The van der Waals surface area contributed by atoms with Crippen LogP contribution in [0.25, 0.3) is 0 Å². The minimum atomic E-state index is 0.0644. The van der Waals surface area contributed by atoms with Crippen molar-refractivity contribution in [3.63, 3.8) is 0 Å². The minimum Gasteiger partial charge on any atom is -0.494 e. The van der Waals surface area contributed by atoms with Gasteiger partial charge in [0.1, 0.15) is 5.75 Å². The molecular formula is C21H30N2O4. The van der Waals surface area contributed by atoms with E-state index in [-0.39, 0.29) is 17.2 Å². The Kier molecular flexibility index (Phi) is 6.37. The monoisotopic (exact) mass is 374 g/mol. The first-order chi connectivity index (χ1) is 13.1. The summed E-state index contributed by atoms with van der Waals surface area (Å²) >= 11 is 0. The Balaban J connectivity index is 1.60. The Morgan fingerprint density at radius 3 is 2.70 bits per heavy atom. The summed E-state index contributed by atoms with van der Waals surface area (Å²) in [7, 11) is 1.66. The zero-order valence-corrected chi connectivity index (χ0v) is 16.4. The van der Waals surface area contributed by atoms with E-state index in [4.69, 9.17) is 9.47 Å². The molecule has 2 aliphatic rings. The molecule has 0 atom stereocenters. The summed E-state index contributed by atoms with van der Waals surface area (Å²) in [5.74, 6) is 1.02. The van der Waals surface area contributed by atoms with Crippen molar-refractivity contribution in [1.29, 1.82) is 0 Å². The lowest BCUT2D eigenvalue weighted by Gasteiger charge is -2.47. The van der Waals surface area contributed by atoms with Crippen molar-refractivity contribution in [2.45, 2.75) is 32.6 Å². The number of likely N-dealkylation sites (tertiary alicyclic amines) is 2. The Bertz CT molecular complexity index is 668. The van der Waals surface area contributed by atoms with Gasteiger partial charge in [0.2, 0.25) is 5.91 Å². The van der Waals surface area contributed by atoms with Gasteiger partial charge in [-0.3, -0.25) is 9.59 Å². The molecule has 3 rings (SSSR count). The predicted octanol–water partition coefficient (Wildman–Crippen LogP) is 2.58. The normalized spacial score (nSPS) is 19.4. The number of carbonyl (C=O) groups excluding carboxylic acids is 2. The molecule has 0 bridgehead atoms. The van der Waals surface area contributed by atoms with Gasteiger partial charge in [-0.05, 0) is 49.8 Å². The first-order valence-electron chi connectivity index (χ1n) is 9.86. The lowest BCUT2D eigenvalue weighted by Crippen LogP contribution is -2.52. The molecule has 6 nitrogen and oxygen atoms in total. The second-order valence-corrected chi connectivity index (χ2v) is 7.56. The number of rotatable bonds is 6. The van der Waals surface area contributed by atoms with E-state index in [2.05, 4.69) is 0 Å². The van der Waals surface area contributed by atoms with E-state index in [1.165, 1.54) is 0 Å². The van der Waals surface area contributed by atoms with Crippen molar-refractivity contribution >= 4 is 11.8 Å². The van der Waals surface area contributed by atoms with Crippen LogP contribution in [0.2, 0.25) is 0 Å². The fraction of sp³-hybridized carbons (Fsp3) is 0.619. The van der Waals surface area contributed by atoms with Gasteiger partial charge in [-0.2, -0.15) is 0 Å². The van der Waals surface area contributed by atoms with Crippen LogP contribution in [0.4, 0.5) is 0 Å². The highest BCUT2D eigenvalue weighted by Crippen LogP contribution is 2.40. The molecule has 148 valence electrons. The van der Waals surface area contributed by atoms with E-state index in [1.54, 1.807) is 7.11 Å². The van der Waals surface area contributed by atoms with E-state index in [0.29, 0.717) is 31.7 Å². The quantitative estimate of drug-likeness (QED) is 0.768.